The number of aromatic nitrogens is 6. The lowest BCUT2D eigenvalue weighted by Gasteiger charge is -2.10. The van der Waals surface area contributed by atoms with Gasteiger partial charge in [0.15, 0.2) is 12.1 Å². The Morgan fingerprint density at radius 3 is 2.72 bits per heavy atom. The monoisotopic (exact) mass is 483 g/mol. The maximum absolute atomic E-state index is 14.7. The summed E-state index contributed by atoms with van der Waals surface area (Å²) in [5.74, 6) is 0.270. The van der Waals surface area contributed by atoms with Crippen molar-refractivity contribution in [2.24, 2.45) is 0 Å². The number of oxazole rings is 1. The SMILES string of the molecule is Cc1nc(C)c(-n2nc(OCC(F)Cn3cc(Cl)c4cnc(Cl)nc43)c([N+](=O)[O-])c2C)o1. The Morgan fingerprint density at radius 1 is 1.31 bits per heavy atom. The molecule has 0 bridgehead atoms. The number of ether oxygens (including phenoxy) is 1. The van der Waals surface area contributed by atoms with E-state index in [4.69, 9.17) is 32.4 Å². The summed E-state index contributed by atoms with van der Waals surface area (Å²) in [4.78, 5) is 23.0. The third-order valence-corrected chi connectivity index (χ3v) is 5.12. The fourth-order valence-electron chi connectivity index (χ4n) is 3.27. The summed E-state index contributed by atoms with van der Waals surface area (Å²) in [7, 11) is 0. The Morgan fingerprint density at radius 2 is 2.06 bits per heavy atom. The second-order valence-corrected chi connectivity index (χ2v) is 7.69. The molecule has 0 aliphatic carbocycles. The molecule has 0 aliphatic rings. The predicted molar refractivity (Wildman–Crippen MR) is 112 cm³/mol. The first-order valence-electron chi connectivity index (χ1n) is 9.27. The molecule has 0 fully saturated rings. The first-order chi connectivity index (χ1) is 15.2. The van der Waals surface area contributed by atoms with Crippen LogP contribution >= 0.6 is 23.2 Å². The van der Waals surface area contributed by atoms with Crippen molar-refractivity contribution < 1.29 is 18.5 Å². The lowest BCUT2D eigenvalue weighted by Crippen LogP contribution is -2.20. The van der Waals surface area contributed by atoms with Gasteiger partial charge in [0, 0.05) is 19.3 Å². The van der Waals surface area contributed by atoms with E-state index in [9.17, 15) is 14.5 Å². The van der Waals surface area contributed by atoms with Crippen LogP contribution in [0.3, 0.4) is 0 Å². The highest BCUT2D eigenvalue weighted by atomic mass is 35.5. The van der Waals surface area contributed by atoms with Gasteiger partial charge in [0.2, 0.25) is 11.2 Å². The Balaban J connectivity index is 1.56. The van der Waals surface area contributed by atoms with Gasteiger partial charge in [-0.2, -0.15) is 9.67 Å². The van der Waals surface area contributed by atoms with Crippen molar-refractivity contribution in [3.05, 3.63) is 50.1 Å². The number of hydrogen-bond acceptors (Lipinski definition) is 8. The van der Waals surface area contributed by atoms with E-state index in [0.717, 1.165) is 0 Å². The summed E-state index contributed by atoms with van der Waals surface area (Å²) in [5, 5.41) is 16.5. The lowest BCUT2D eigenvalue weighted by atomic mass is 10.3. The zero-order chi connectivity index (χ0) is 23.2. The summed E-state index contributed by atoms with van der Waals surface area (Å²) in [5.41, 5.74) is 0.628. The van der Waals surface area contributed by atoms with E-state index < -0.39 is 17.7 Å². The van der Waals surface area contributed by atoms with Gasteiger partial charge in [-0.05, 0) is 25.4 Å². The average Bonchev–Trinajstić information content (AvgIpc) is 3.33. The molecule has 0 radical (unpaired) electrons. The molecule has 168 valence electrons. The van der Waals surface area contributed by atoms with Gasteiger partial charge in [0.05, 0.1) is 21.9 Å². The largest absolute Gasteiger partial charge is 0.469 e. The third-order valence-electron chi connectivity index (χ3n) is 4.64. The van der Waals surface area contributed by atoms with Crippen LogP contribution in [0.2, 0.25) is 10.3 Å². The summed E-state index contributed by atoms with van der Waals surface area (Å²) in [6, 6.07) is 0. The van der Waals surface area contributed by atoms with Gasteiger partial charge in [-0.1, -0.05) is 11.6 Å². The maximum atomic E-state index is 14.7. The topological polar surface area (TPSA) is 127 Å². The van der Waals surface area contributed by atoms with Gasteiger partial charge in [-0.25, -0.2) is 14.4 Å². The highest BCUT2D eigenvalue weighted by Gasteiger charge is 2.30. The molecule has 4 aromatic heterocycles. The maximum Gasteiger partial charge on any atom is 0.353 e. The van der Waals surface area contributed by atoms with Crippen LogP contribution in [0.1, 0.15) is 17.3 Å². The molecular formula is C18H16Cl2FN7O4. The zero-order valence-corrected chi connectivity index (χ0v) is 18.6. The van der Waals surface area contributed by atoms with Gasteiger partial charge in [-0.15, -0.1) is 5.10 Å². The Bertz CT molecular complexity index is 1330. The molecule has 1 atom stereocenters. The van der Waals surface area contributed by atoms with E-state index >= 15 is 0 Å². The van der Waals surface area contributed by atoms with Crippen LogP contribution < -0.4 is 4.74 Å². The second kappa shape index (κ2) is 8.36. The van der Waals surface area contributed by atoms with Crippen molar-refractivity contribution in [3.8, 4) is 11.8 Å². The predicted octanol–water partition coefficient (Wildman–Crippen LogP) is 4.16. The Kier molecular flexibility index (Phi) is 5.73. The number of nitrogens with zero attached hydrogens (tertiary/aromatic N) is 7. The number of aryl methyl sites for hydroxylation is 2. The number of rotatable bonds is 7. The molecule has 4 rings (SSSR count). The molecule has 14 heteroatoms. The standard InChI is InChI=1S/C18H16Cl2FN7O4/c1-8-17(32-10(3)23-8)27-9(2)14(28(29)30)16(25-27)31-7-11(21)5-26-6-13(19)12-4-22-18(20)24-15(12)26/h4,6,11H,5,7H2,1-3H3. The zero-order valence-electron chi connectivity index (χ0n) is 17.0. The third kappa shape index (κ3) is 3.98. The number of fused-ring (bicyclic) bond motifs is 1. The number of hydrogen-bond donors (Lipinski definition) is 0. The molecule has 0 aliphatic heterocycles. The van der Waals surface area contributed by atoms with Gasteiger partial charge in [-0.3, -0.25) is 10.1 Å². The van der Waals surface area contributed by atoms with Crippen molar-refractivity contribution in [1.82, 2.24) is 29.3 Å². The Labute approximate surface area is 189 Å². The average molecular weight is 484 g/mol. The van der Waals surface area contributed by atoms with Gasteiger partial charge in [0.25, 0.3) is 0 Å². The summed E-state index contributed by atoms with van der Waals surface area (Å²) in [6.07, 6.45) is 1.38. The molecule has 32 heavy (non-hydrogen) atoms. The fraction of sp³-hybridized carbons (Fsp3) is 0.333. The normalized spacial score (nSPS) is 12.4. The quantitative estimate of drug-likeness (QED) is 0.217. The van der Waals surface area contributed by atoms with Crippen molar-refractivity contribution in [2.75, 3.05) is 6.61 Å². The van der Waals surface area contributed by atoms with E-state index in [2.05, 4.69) is 20.1 Å². The lowest BCUT2D eigenvalue weighted by molar-refractivity contribution is -0.386. The second-order valence-electron chi connectivity index (χ2n) is 6.95. The van der Waals surface area contributed by atoms with E-state index in [1.165, 1.54) is 28.6 Å². The van der Waals surface area contributed by atoms with E-state index in [1.807, 2.05) is 0 Å². The highest BCUT2D eigenvalue weighted by Crippen LogP contribution is 2.33. The molecule has 0 aromatic carbocycles. The minimum absolute atomic E-state index is 0.00485. The molecule has 0 amide bonds. The highest BCUT2D eigenvalue weighted by molar-refractivity contribution is 6.35. The van der Waals surface area contributed by atoms with Crippen LogP contribution in [-0.2, 0) is 6.54 Å². The summed E-state index contributed by atoms with van der Waals surface area (Å²) < 4.78 is 28.3. The molecule has 0 spiro atoms. The number of halogens is 3. The van der Waals surface area contributed by atoms with Crippen LogP contribution in [-0.4, -0.2) is 47.0 Å². The molecule has 0 N–H and O–H groups in total. The van der Waals surface area contributed by atoms with Crippen molar-refractivity contribution in [1.29, 1.82) is 0 Å². The first-order valence-corrected chi connectivity index (χ1v) is 10.0. The Hall–Kier alpha value is -3.25. The van der Waals surface area contributed by atoms with E-state index in [1.54, 1.807) is 13.8 Å². The molecule has 11 nitrogen and oxygen atoms in total. The van der Waals surface area contributed by atoms with Crippen molar-refractivity contribution in [3.63, 3.8) is 0 Å². The number of nitro groups is 1. The van der Waals surface area contributed by atoms with Gasteiger partial charge >= 0.3 is 11.6 Å². The minimum atomic E-state index is -1.56. The molecule has 0 saturated heterocycles. The molecule has 4 heterocycles. The van der Waals surface area contributed by atoms with Crippen LogP contribution in [0.15, 0.2) is 16.8 Å². The van der Waals surface area contributed by atoms with Crippen LogP contribution in [0, 0.1) is 30.9 Å². The molecule has 1 unspecified atom stereocenters. The molecule has 0 saturated carbocycles. The first kappa shape index (κ1) is 22.0. The minimum Gasteiger partial charge on any atom is -0.469 e. The molecule has 4 aromatic rings. The van der Waals surface area contributed by atoms with Crippen LogP contribution in [0.25, 0.3) is 16.9 Å². The van der Waals surface area contributed by atoms with Crippen LogP contribution in [0.5, 0.6) is 5.88 Å². The van der Waals surface area contributed by atoms with E-state index in [-0.39, 0.29) is 35.0 Å². The van der Waals surface area contributed by atoms with Crippen molar-refractivity contribution >= 4 is 39.9 Å². The fourth-order valence-corrected chi connectivity index (χ4v) is 3.65. The molecular weight excluding hydrogens is 468 g/mol. The summed E-state index contributed by atoms with van der Waals surface area (Å²) in [6.45, 7) is 4.13. The smallest absolute Gasteiger partial charge is 0.353 e. The number of alkyl halides is 1. The summed E-state index contributed by atoms with van der Waals surface area (Å²) >= 11 is 12.0. The van der Waals surface area contributed by atoms with Crippen molar-refractivity contribution in [2.45, 2.75) is 33.5 Å². The van der Waals surface area contributed by atoms with Crippen LogP contribution in [0.4, 0.5) is 10.1 Å². The van der Waals surface area contributed by atoms with Gasteiger partial charge in [0.1, 0.15) is 23.6 Å². The van der Waals surface area contributed by atoms with E-state index in [0.29, 0.717) is 27.6 Å². The van der Waals surface area contributed by atoms with Gasteiger partial charge < -0.3 is 13.7 Å².